The molecule has 0 bridgehead atoms. The third kappa shape index (κ3) is 3.41. The first-order valence-electron chi connectivity index (χ1n) is 5.64. The SMILES string of the molecule is O=[N+]([O-])c1ccc([O-])c(C=NCCc2ccco2)c1. The van der Waals surface area contributed by atoms with Gasteiger partial charge in [0.2, 0.25) is 0 Å². The van der Waals surface area contributed by atoms with Crippen molar-refractivity contribution in [3.8, 4) is 5.75 Å². The van der Waals surface area contributed by atoms with Gasteiger partial charge in [-0.05, 0) is 17.7 Å². The summed E-state index contributed by atoms with van der Waals surface area (Å²) in [6.45, 7) is 0.454. The van der Waals surface area contributed by atoms with Crippen LogP contribution in [0.4, 0.5) is 5.69 Å². The molecule has 0 atom stereocenters. The first kappa shape index (κ1) is 12.8. The Balaban J connectivity index is 2.01. The van der Waals surface area contributed by atoms with E-state index in [1.54, 1.807) is 12.3 Å². The number of nitro benzene ring substituents is 1. The maximum atomic E-state index is 11.5. The van der Waals surface area contributed by atoms with Crippen molar-refractivity contribution in [2.75, 3.05) is 6.54 Å². The predicted molar refractivity (Wildman–Crippen MR) is 67.4 cm³/mol. The van der Waals surface area contributed by atoms with Crippen LogP contribution in [0.2, 0.25) is 0 Å². The quantitative estimate of drug-likeness (QED) is 0.466. The number of furan rings is 1. The van der Waals surface area contributed by atoms with E-state index < -0.39 is 4.92 Å². The fourth-order valence-corrected chi connectivity index (χ4v) is 1.54. The topological polar surface area (TPSA) is 91.7 Å². The van der Waals surface area contributed by atoms with Gasteiger partial charge in [0.15, 0.2) is 0 Å². The molecule has 0 aliphatic carbocycles. The highest BCUT2D eigenvalue weighted by molar-refractivity contribution is 5.84. The summed E-state index contributed by atoms with van der Waals surface area (Å²) in [5.41, 5.74) is 0.0979. The predicted octanol–water partition coefficient (Wildman–Crippen LogP) is 1.92. The molecule has 0 spiro atoms. The lowest BCUT2D eigenvalue weighted by atomic mass is 10.2. The highest BCUT2D eigenvalue weighted by Crippen LogP contribution is 2.19. The zero-order valence-corrected chi connectivity index (χ0v) is 9.98. The number of non-ortho nitro benzene ring substituents is 1. The van der Waals surface area contributed by atoms with Gasteiger partial charge in [0, 0.05) is 31.3 Å². The Hall–Kier alpha value is -2.63. The van der Waals surface area contributed by atoms with Crippen LogP contribution in [0.1, 0.15) is 11.3 Å². The van der Waals surface area contributed by atoms with Gasteiger partial charge in [-0.25, -0.2) is 0 Å². The van der Waals surface area contributed by atoms with Gasteiger partial charge in [-0.1, -0.05) is 11.8 Å². The molecule has 0 N–H and O–H groups in total. The summed E-state index contributed by atoms with van der Waals surface area (Å²) in [5.74, 6) is 0.519. The van der Waals surface area contributed by atoms with Gasteiger partial charge in [-0.2, -0.15) is 0 Å². The average Bonchev–Trinajstić information content (AvgIpc) is 2.89. The molecule has 6 heteroatoms. The molecule has 0 amide bonds. The summed E-state index contributed by atoms with van der Waals surface area (Å²) in [7, 11) is 0. The number of hydrogen-bond acceptors (Lipinski definition) is 5. The lowest BCUT2D eigenvalue weighted by molar-refractivity contribution is -0.385. The van der Waals surface area contributed by atoms with Crippen molar-refractivity contribution in [2.45, 2.75) is 6.42 Å². The first-order chi connectivity index (χ1) is 9.16. The second-order valence-electron chi connectivity index (χ2n) is 3.84. The molecular formula is C13H11N2O4-. The van der Waals surface area contributed by atoms with Gasteiger partial charge in [0.1, 0.15) is 5.76 Å². The molecule has 6 nitrogen and oxygen atoms in total. The Labute approximate surface area is 109 Å². The number of nitrogens with zero attached hydrogens (tertiary/aromatic N) is 2. The minimum absolute atomic E-state index is 0.118. The molecule has 0 aliphatic heterocycles. The maximum absolute atomic E-state index is 11.5. The zero-order valence-electron chi connectivity index (χ0n) is 9.98. The third-order valence-electron chi connectivity index (χ3n) is 2.50. The molecule has 0 saturated carbocycles. The molecule has 1 heterocycles. The first-order valence-corrected chi connectivity index (χ1v) is 5.64. The van der Waals surface area contributed by atoms with E-state index in [1.165, 1.54) is 24.4 Å². The van der Waals surface area contributed by atoms with E-state index in [9.17, 15) is 15.2 Å². The average molecular weight is 259 g/mol. The van der Waals surface area contributed by atoms with Crippen LogP contribution in [-0.2, 0) is 6.42 Å². The Morgan fingerprint density at radius 1 is 1.37 bits per heavy atom. The zero-order chi connectivity index (χ0) is 13.7. The summed E-state index contributed by atoms with van der Waals surface area (Å²) in [5, 5.41) is 22.1. The van der Waals surface area contributed by atoms with Crippen molar-refractivity contribution < 1.29 is 14.4 Å². The monoisotopic (exact) mass is 259 g/mol. The minimum Gasteiger partial charge on any atom is -0.872 e. The molecule has 0 saturated heterocycles. The summed E-state index contributed by atoms with van der Waals surface area (Å²) in [6.07, 6.45) is 3.56. The second kappa shape index (κ2) is 5.81. The van der Waals surface area contributed by atoms with Crippen molar-refractivity contribution >= 4 is 11.9 Å². The van der Waals surface area contributed by atoms with Crippen LogP contribution in [0, 0.1) is 10.1 Å². The van der Waals surface area contributed by atoms with Crippen molar-refractivity contribution in [1.82, 2.24) is 0 Å². The van der Waals surface area contributed by atoms with Crippen LogP contribution in [0.15, 0.2) is 46.0 Å². The Bertz CT molecular complexity index is 591. The van der Waals surface area contributed by atoms with E-state index in [4.69, 9.17) is 4.42 Å². The Morgan fingerprint density at radius 2 is 2.21 bits per heavy atom. The second-order valence-corrected chi connectivity index (χ2v) is 3.84. The molecule has 0 aliphatic rings. The molecule has 98 valence electrons. The molecule has 2 aromatic rings. The van der Waals surface area contributed by atoms with Gasteiger partial charge >= 0.3 is 0 Å². The van der Waals surface area contributed by atoms with E-state index in [1.807, 2.05) is 6.07 Å². The lowest BCUT2D eigenvalue weighted by Crippen LogP contribution is -1.99. The van der Waals surface area contributed by atoms with E-state index >= 15 is 0 Å². The van der Waals surface area contributed by atoms with Gasteiger partial charge in [0.25, 0.3) is 5.69 Å². The van der Waals surface area contributed by atoms with Crippen LogP contribution in [-0.4, -0.2) is 17.7 Å². The molecule has 2 rings (SSSR count). The summed E-state index contributed by atoms with van der Waals surface area (Å²) in [4.78, 5) is 14.1. The summed E-state index contributed by atoms with van der Waals surface area (Å²) in [6, 6.07) is 7.20. The Morgan fingerprint density at radius 3 is 2.89 bits per heavy atom. The number of hydrogen-bond donors (Lipinski definition) is 0. The molecule has 1 aromatic carbocycles. The molecule has 0 radical (unpaired) electrons. The van der Waals surface area contributed by atoms with Crippen molar-refractivity contribution in [2.24, 2.45) is 4.99 Å². The van der Waals surface area contributed by atoms with E-state index in [0.717, 1.165) is 5.76 Å². The highest BCUT2D eigenvalue weighted by Gasteiger charge is 2.05. The lowest BCUT2D eigenvalue weighted by Gasteiger charge is -2.08. The minimum atomic E-state index is -0.542. The molecule has 0 fully saturated rings. The van der Waals surface area contributed by atoms with Gasteiger partial charge in [-0.3, -0.25) is 15.1 Å². The molecule has 0 unspecified atom stereocenters. The van der Waals surface area contributed by atoms with E-state index in [0.29, 0.717) is 13.0 Å². The van der Waals surface area contributed by atoms with Gasteiger partial charge < -0.3 is 9.52 Å². The number of benzene rings is 1. The number of rotatable bonds is 5. The van der Waals surface area contributed by atoms with Gasteiger partial charge in [0.05, 0.1) is 11.2 Å². The van der Waals surface area contributed by atoms with Crippen molar-refractivity contribution in [3.05, 3.63) is 58.0 Å². The third-order valence-corrected chi connectivity index (χ3v) is 2.50. The molecule has 19 heavy (non-hydrogen) atoms. The van der Waals surface area contributed by atoms with E-state index in [-0.39, 0.29) is 17.0 Å². The van der Waals surface area contributed by atoms with Crippen LogP contribution in [0.25, 0.3) is 0 Å². The summed E-state index contributed by atoms with van der Waals surface area (Å²) >= 11 is 0. The van der Waals surface area contributed by atoms with E-state index in [2.05, 4.69) is 4.99 Å². The molecular weight excluding hydrogens is 248 g/mol. The highest BCUT2D eigenvalue weighted by atomic mass is 16.6. The smallest absolute Gasteiger partial charge is 0.270 e. The van der Waals surface area contributed by atoms with Crippen molar-refractivity contribution in [3.63, 3.8) is 0 Å². The maximum Gasteiger partial charge on any atom is 0.270 e. The Kier molecular flexibility index (Phi) is 3.92. The number of aliphatic imine (C=N–C) groups is 1. The van der Waals surface area contributed by atoms with Crippen LogP contribution in [0.5, 0.6) is 5.75 Å². The van der Waals surface area contributed by atoms with Gasteiger partial charge in [-0.15, -0.1) is 0 Å². The fourth-order valence-electron chi connectivity index (χ4n) is 1.54. The van der Waals surface area contributed by atoms with Crippen LogP contribution < -0.4 is 5.11 Å². The standard InChI is InChI=1S/C13H12N2O4/c16-13-4-3-11(15(17)18)8-10(13)9-14-6-5-12-2-1-7-19-12/h1-4,7-9,16H,5-6H2/p-1. The number of nitro groups is 1. The van der Waals surface area contributed by atoms with Crippen molar-refractivity contribution in [1.29, 1.82) is 0 Å². The van der Waals surface area contributed by atoms with Crippen LogP contribution in [0.3, 0.4) is 0 Å². The van der Waals surface area contributed by atoms with Crippen LogP contribution >= 0.6 is 0 Å². The fraction of sp³-hybridized carbons (Fsp3) is 0.154. The normalized spacial score (nSPS) is 10.9. The largest absolute Gasteiger partial charge is 0.872 e. The molecule has 1 aromatic heterocycles. The summed E-state index contributed by atoms with van der Waals surface area (Å²) < 4.78 is 5.14.